The maximum Gasteiger partial charge on any atom is 0.183 e. The number of fused-ring (bicyclic) bond motifs is 3. The average Bonchev–Trinajstić information content (AvgIpc) is 3.40. The van der Waals surface area contributed by atoms with Gasteiger partial charge in [-0.3, -0.25) is 14.6 Å². The normalized spacial score (nSPS) is 22.7. The fourth-order valence-electron chi connectivity index (χ4n) is 4.57. The molecule has 6 nitrogen and oxygen atoms in total. The lowest BCUT2D eigenvalue weighted by Crippen LogP contribution is -2.25. The third-order valence-electron chi connectivity index (χ3n) is 6.04. The highest BCUT2D eigenvalue weighted by Gasteiger charge is 2.50. The van der Waals surface area contributed by atoms with Crippen LogP contribution in [-0.4, -0.2) is 46.4 Å². The molecule has 0 saturated carbocycles. The first-order valence-electron chi connectivity index (χ1n) is 9.97. The minimum Gasteiger partial charge on any atom is -0.297 e. The van der Waals surface area contributed by atoms with E-state index in [4.69, 9.17) is 0 Å². The zero-order chi connectivity index (χ0) is 20.2. The molecule has 150 valence electrons. The third kappa shape index (κ3) is 3.09. The predicted octanol–water partition coefficient (Wildman–Crippen LogP) is 3.28. The lowest BCUT2D eigenvalue weighted by atomic mass is 9.95. The molecule has 2 aliphatic rings. The Hall–Kier alpha value is -2.51. The van der Waals surface area contributed by atoms with Crippen LogP contribution in [-0.2, 0) is 16.4 Å². The van der Waals surface area contributed by atoms with Gasteiger partial charge in [0.05, 0.1) is 16.3 Å². The number of benzene rings is 1. The smallest absolute Gasteiger partial charge is 0.183 e. The summed E-state index contributed by atoms with van der Waals surface area (Å²) in [6.07, 6.45) is 7.50. The second kappa shape index (κ2) is 6.78. The monoisotopic (exact) mass is 408 g/mol. The summed E-state index contributed by atoms with van der Waals surface area (Å²) in [5.41, 5.74) is 4.11. The molecule has 0 aliphatic carbocycles. The van der Waals surface area contributed by atoms with Gasteiger partial charge in [0.25, 0.3) is 0 Å². The van der Waals surface area contributed by atoms with E-state index in [1.807, 2.05) is 35.3 Å². The number of sulfone groups is 1. The Labute approximate surface area is 171 Å². The molecule has 0 radical (unpaired) electrons. The molecule has 0 amide bonds. The zero-order valence-electron chi connectivity index (χ0n) is 16.6. The van der Waals surface area contributed by atoms with Crippen molar-refractivity contribution in [2.75, 3.05) is 13.1 Å². The van der Waals surface area contributed by atoms with Gasteiger partial charge in [0.15, 0.2) is 9.84 Å². The molecule has 29 heavy (non-hydrogen) atoms. The number of nitrogens with zero attached hydrogens (tertiary/aromatic N) is 4. The van der Waals surface area contributed by atoms with Crippen LogP contribution in [0.5, 0.6) is 0 Å². The molecule has 7 heteroatoms. The van der Waals surface area contributed by atoms with Crippen LogP contribution in [0.1, 0.15) is 36.9 Å². The van der Waals surface area contributed by atoms with Gasteiger partial charge in [-0.25, -0.2) is 8.42 Å². The Bertz CT molecular complexity index is 1150. The summed E-state index contributed by atoms with van der Waals surface area (Å²) in [6.45, 7) is 6.24. The number of pyridine rings is 1. The van der Waals surface area contributed by atoms with Gasteiger partial charge in [-0.05, 0) is 48.7 Å². The molecule has 3 aromatic rings. The van der Waals surface area contributed by atoms with E-state index in [9.17, 15) is 8.42 Å². The molecule has 1 saturated heterocycles. The van der Waals surface area contributed by atoms with Gasteiger partial charge in [-0.15, -0.1) is 0 Å². The standard InChI is InChI=1S/C22H24N4O2S/c1-15(2)26-12-16(9-24-26)11-25-13-20-19-8-17(18-4-3-7-23-10-18)5-6-21(19)29(27,28)22(20)14-25/h3-10,12,15,20,22H,11,13-14H2,1-2H3/t20-,22+/m1/s1. The maximum atomic E-state index is 13.1. The molecular formula is C22H24N4O2S. The van der Waals surface area contributed by atoms with Crippen LogP contribution in [0.3, 0.4) is 0 Å². The van der Waals surface area contributed by atoms with Crippen molar-refractivity contribution in [1.29, 1.82) is 0 Å². The van der Waals surface area contributed by atoms with Crippen LogP contribution in [0.2, 0.25) is 0 Å². The number of likely N-dealkylation sites (tertiary alicyclic amines) is 1. The number of rotatable bonds is 4. The first-order valence-corrected chi connectivity index (χ1v) is 11.5. The highest BCUT2D eigenvalue weighted by Crippen LogP contribution is 2.46. The largest absolute Gasteiger partial charge is 0.297 e. The van der Waals surface area contributed by atoms with E-state index in [1.54, 1.807) is 12.3 Å². The molecular weight excluding hydrogens is 384 g/mol. The Balaban J connectivity index is 1.43. The van der Waals surface area contributed by atoms with Gasteiger partial charge in [0.1, 0.15) is 0 Å². The molecule has 0 bridgehead atoms. The van der Waals surface area contributed by atoms with Gasteiger partial charge in [-0.2, -0.15) is 5.10 Å². The van der Waals surface area contributed by atoms with E-state index >= 15 is 0 Å². The minimum atomic E-state index is -3.29. The molecule has 4 heterocycles. The molecule has 2 aromatic heterocycles. The van der Waals surface area contributed by atoms with Crippen LogP contribution in [0.25, 0.3) is 11.1 Å². The molecule has 1 aromatic carbocycles. The SMILES string of the molecule is CC(C)n1cc(CN2C[C@@H]3c4cc(-c5cccnc5)ccc4S(=O)(=O)[C@H]3C2)cn1. The van der Waals surface area contributed by atoms with Gasteiger partial charge >= 0.3 is 0 Å². The van der Waals surface area contributed by atoms with Crippen LogP contribution in [0, 0.1) is 0 Å². The van der Waals surface area contributed by atoms with Crippen molar-refractivity contribution in [3.63, 3.8) is 0 Å². The molecule has 5 rings (SSSR count). The third-order valence-corrected chi connectivity index (χ3v) is 8.30. The highest BCUT2D eigenvalue weighted by atomic mass is 32.2. The van der Waals surface area contributed by atoms with Crippen LogP contribution in [0.15, 0.2) is 60.0 Å². The van der Waals surface area contributed by atoms with Crippen molar-refractivity contribution in [3.05, 3.63) is 66.2 Å². The lowest BCUT2D eigenvalue weighted by Gasteiger charge is -2.16. The number of aromatic nitrogens is 3. The van der Waals surface area contributed by atoms with Crippen molar-refractivity contribution in [3.8, 4) is 11.1 Å². The molecule has 1 fully saturated rings. The summed E-state index contributed by atoms with van der Waals surface area (Å²) in [5.74, 6) is 0.0202. The van der Waals surface area contributed by atoms with E-state index in [-0.39, 0.29) is 11.2 Å². The second-order valence-corrected chi connectivity index (χ2v) is 10.4. The van der Waals surface area contributed by atoms with Crippen molar-refractivity contribution in [2.45, 2.75) is 42.5 Å². The molecule has 0 N–H and O–H groups in total. The van der Waals surface area contributed by atoms with E-state index in [0.29, 0.717) is 17.5 Å². The van der Waals surface area contributed by atoms with Crippen molar-refractivity contribution in [2.24, 2.45) is 0 Å². The van der Waals surface area contributed by atoms with E-state index in [0.717, 1.165) is 35.3 Å². The fraction of sp³-hybridized carbons (Fsp3) is 0.364. The quantitative estimate of drug-likeness (QED) is 0.663. The Morgan fingerprint density at radius 1 is 1.14 bits per heavy atom. The van der Waals surface area contributed by atoms with Crippen molar-refractivity contribution < 1.29 is 8.42 Å². The number of hydrogen-bond acceptors (Lipinski definition) is 5. The van der Waals surface area contributed by atoms with Gasteiger partial charge in [-0.1, -0.05) is 12.1 Å². The highest BCUT2D eigenvalue weighted by molar-refractivity contribution is 7.92. The number of hydrogen-bond donors (Lipinski definition) is 0. The zero-order valence-corrected chi connectivity index (χ0v) is 17.4. The molecule has 2 aliphatic heterocycles. The topological polar surface area (TPSA) is 68.1 Å². The first-order chi connectivity index (χ1) is 13.9. The first kappa shape index (κ1) is 18.5. The summed E-state index contributed by atoms with van der Waals surface area (Å²) in [6, 6.07) is 9.95. The average molecular weight is 409 g/mol. The summed E-state index contributed by atoms with van der Waals surface area (Å²) in [5, 5.41) is 4.05. The Morgan fingerprint density at radius 3 is 2.72 bits per heavy atom. The molecule has 0 spiro atoms. The molecule has 0 unspecified atom stereocenters. The van der Waals surface area contributed by atoms with Crippen molar-refractivity contribution in [1.82, 2.24) is 19.7 Å². The van der Waals surface area contributed by atoms with Gasteiger partial charge in [0.2, 0.25) is 0 Å². The maximum absolute atomic E-state index is 13.1. The summed E-state index contributed by atoms with van der Waals surface area (Å²) >= 11 is 0. The lowest BCUT2D eigenvalue weighted by molar-refractivity contribution is 0.325. The van der Waals surface area contributed by atoms with Crippen LogP contribution < -0.4 is 0 Å². The summed E-state index contributed by atoms with van der Waals surface area (Å²) < 4.78 is 28.2. The van der Waals surface area contributed by atoms with Gasteiger partial charge < -0.3 is 0 Å². The fourth-order valence-corrected chi connectivity index (χ4v) is 6.76. The second-order valence-electron chi connectivity index (χ2n) is 8.30. The Kier molecular flexibility index (Phi) is 4.33. The minimum absolute atomic E-state index is 0.0202. The predicted molar refractivity (Wildman–Crippen MR) is 111 cm³/mol. The summed E-state index contributed by atoms with van der Waals surface area (Å²) in [4.78, 5) is 6.94. The summed E-state index contributed by atoms with van der Waals surface area (Å²) in [7, 11) is -3.29. The molecule has 2 atom stereocenters. The Morgan fingerprint density at radius 2 is 2.00 bits per heavy atom. The van der Waals surface area contributed by atoms with Gasteiger partial charge in [0, 0.05) is 55.7 Å². The van der Waals surface area contributed by atoms with E-state index < -0.39 is 9.84 Å². The van der Waals surface area contributed by atoms with E-state index in [1.165, 1.54) is 0 Å². The van der Waals surface area contributed by atoms with E-state index in [2.05, 4.69) is 41.1 Å². The van der Waals surface area contributed by atoms with Crippen molar-refractivity contribution >= 4 is 9.84 Å². The van der Waals surface area contributed by atoms with Crippen LogP contribution in [0.4, 0.5) is 0 Å². The van der Waals surface area contributed by atoms with Crippen LogP contribution >= 0.6 is 0 Å².